The lowest BCUT2D eigenvalue weighted by Gasteiger charge is -2.07. The summed E-state index contributed by atoms with van der Waals surface area (Å²) < 4.78 is 7.35. The minimum atomic E-state index is 0. The molecule has 0 aliphatic heterocycles. The molecule has 78 valence electrons. The van der Waals surface area contributed by atoms with Gasteiger partial charge in [-0.05, 0) is 6.92 Å². The van der Waals surface area contributed by atoms with Crippen LogP contribution in [0.15, 0.2) is 12.0 Å². The van der Waals surface area contributed by atoms with Gasteiger partial charge in [0.2, 0.25) is 6.21 Å². The molecule has 0 aliphatic rings. The lowest BCUT2D eigenvalue weighted by atomic mass is 10.5. The number of halogens is 1. The van der Waals surface area contributed by atoms with E-state index in [-0.39, 0.29) is 24.0 Å². The van der Waals surface area contributed by atoms with Gasteiger partial charge in [0.1, 0.15) is 14.1 Å². The summed E-state index contributed by atoms with van der Waals surface area (Å²) in [6.45, 7) is 2.68. The number of ether oxygens (including phenoxy) is 1. The molecule has 0 bridgehead atoms. The lowest BCUT2D eigenvalue weighted by Crippen LogP contribution is -3.00. The quantitative estimate of drug-likeness (QED) is 0.253. The number of hydrogen-bond donors (Lipinski definition) is 0. The van der Waals surface area contributed by atoms with Crippen LogP contribution in [0.5, 0.6) is 0 Å². The van der Waals surface area contributed by atoms with Gasteiger partial charge in [-0.3, -0.25) is 0 Å². The molecule has 3 nitrogen and oxygen atoms in total. The fourth-order valence-corrected chi connectivity index (χ4v) is 0.783. The number of hydrogen-bond acceptors (Lipinski definition) is 2. The molecular formula is C9H19IN2O. The molecule has 0 heterocycles. The topological polar surface area (TPSA) is 15.5 Å². The standard InChI is InChI=1S/C9H19N2O.HI/c1-6-12-9(7-10(2)3)8-11(4)5;/h7-8H,6H2,1-5H3;1H/q+1;/p-1. The molecule has 0 aromatic rings. The summed E-state index contributed by atoms with van der Waals surface area (Å²) >= 11 is 0. The third-order valence-corrected chi connectivity index (χ3v) is 1.08. The zero-order valence-electron chi connectivity index (χ0n) is 9.04. The third-order valence-electron chi connectivity index (χ3n) is 1.08. The second-order valence-corrected chi connectivity index (χ2v) is 3.02. The summed E-state index contributed by atoms with van der Waals surface area (Å²) in [4.78, 5) is 1.96. The van der Waals surface area contributed by atoms with Crippen LogP contribution in [0, 0.1) is 0 Å². The Morgan fingerprint density at radius 2 is 1.92 bits per heavy atom. The third kappa shape index (κ3) is 9.66. The van der Waals surface area contributed by atoms with Crippen LogP contribution in [0.3, 0.4) is 0 Å². The van der Waals surface area contributed by atoms with Crippen LogP contribution >= 0.6 is 0 Å². The van der Waals surface area contributed by atoms with Gasteiger partial charge >= 0.3 is 0 Å². The van der Waals surface area contributed by atoms with Gasteiger partial charge in [0.25, 0.3) is 0 Å². The van der Waals surface area contributed by atoms with Crippen molar-refractivity contribution < 1.29 is 33.3 Å². The highest BCUT2D eigenvalue weighted by Crippen LogP contribution is 1.94. The first kappa shape index (κ1) is 15.2. The maximum atomic E-state index is 5.39. The Bertz CT molecular complexity index is 184. The molecule has 4 heteroatoms. The van der Waals surface area contributed by atoms with Crippen LogP contribution < -0.4 is 24.0 Å². The van der Waals surface area contributed by atoms with Crippen molar-refractivity contribution in [2.45, 2.75) is 6.92 Å². The van der Waals surface area contributed by atoms with Gasteiger partial charge in [-0.2, -0.15) is 0 Å². The Hall–Kier alpha value is -0.260. The number of rotatable bonds is 4. The van der Waals surface area contributed by atoms with Crippen LogP contribution in [0.25, 0.3) is 0 Å². The molecule has 0 N–H and O–H groups in total. The monoisotopic (exact) mass is 298 g/mol. The molecule has 0 saturated carbocycles. The Labute approximate surface area is 98.1 Å². The molecule has 0 aliphatic carbocycles. The average molecular weight is 298 g/mol. The Kier molecular flexibility index (Phi) is 9.77. The second-order valence-electron chi connectivity index (χ2n) is 3.02. The Balaban J connectivity index is 0. The van der Waals surface area contributed by atoms with Crippen LogP contribution in [-0.4, -0.2) is 50.5 Å². The van der Waals surface area contributed by atoms with Gasteiger partial charge < -0.3 is 33.6 Å². The van der Waals surface area contributed by atoms with E-state index in [1.165, 1.54) is 0 Å². The largest absolute Gasteiger partial charge is 1.00 e. The molecule has 0 rings (SSSR count). The van der Waals surface area contributed by atoms with Crippen molar-refractivity contribution in [3.8, 4) is 0 Å². The van der Waals surface area contributed by atoms with Crippen LogP contribution in [0.4, 0.5) is 0 Å². The molecule has 0 aromatic heterocycles. The first-order valence-corrected chi connectivity index (χ1v) is 4.08. The van der Waals surface area contributed by atoms with Crippen molar-refractivity contribution in [1.29, 1.82) is 0 Å². The van der Waals surface area contributed by atoms with Crippen molar-refractivity contribution in [2.24, 2.45) is 0 Å². The van der Waals surface area contributed by atoms with Gasteiger partial charge in [-0.15, -0.1) is 0 Å². The summed E-state index contributed by atoms with van der Waals surface area (Å²) in [5, 5.41) is 0. The van der Waals surface area contributed by atoms with Gasteiger partial charge in [-0.1, -0.05) is 0 Å². The van der Waals surface area contributed by atoms with Crippen LogP contribution in [-0.2, 0) is 4.74 Å². The minimum absolute atomic E-state index is 0. The molecule has 13 heavy (non-hydrogen) atoms. The van der Waals surface area contributed by atoms with Crippen molar-refractivity contribution >= 4 is 6.21 Å². The zero-order chi connectivity index (χ0) is 9.56. The molecule has 0 fully saturated rings. The maximum Gasteiger partial charge on any atom is 0.206 e. The zero-order valence-corrected chi connectivity index (χ0v) is 11.2. The van der Waals surface area contributed by atoms with E-state index in [4.69, 9.17) is 4.74 Å². The summed E-state index contributed by atoms with van der Waals surface area (Å²) in [5.74, 6) is 0.882. The predicted molar refractivity (Wildman–Crippen MR) is 51.6 cm³/mol. The molecule has 0 spiro atoms. The maximum absolute atomic E-state index is 5.39. The molecule has 0 saturated heterocycles. The minimum Gasteiger partial charge on any atom is -1.00 e. The lowest BCUT2D eigenvalue weighted by molar-refractivity contribution is -0.459. The Morgan fingerprint density at radius 1 is 1.38 bits per heavy atom. The van der Waals surface area contributed by atoms with Gasteiger partial charge in [-0.25, -0.2) is 4.58 Å². The van der Waals surface area contributed by atoms with E-state index in [2.05, 4.69) is 0 Å². The molecule has 0 radical (unpaired) electrons. The summed E-state index contributed by atoms with van der Waals surface area (Å²) in [5.41, 5.74) is 0. The van der Waals surface area contributed by atoms with E-state index in [0.29, 0.717) is 6.61 Å². The normalized spacial score (nSPS) is 10.1. The smallest absolute Gasteiger partial charge is 0.206 e. The van der Waals surface area contributed by atoms with Crippen LogP contribution in [0.2, 0.25) is 0 Å². The van der Waals surface area contributed by atoms with Crippen molar-refractivity contribution in [3.05, 3.63) is 12.0 Å². The van der Waals surface area contributed by atoms with E-state index in [9.17, 15) is 0 Å². The van der Waals surface area contributed by atoms with Crippen molar-refractivity contribution in [2.75, 3.05) is 34.8 Å². The molecule has 0 atom stereocenters. The number of allylic oxidation sites excluding steroid dienone is 1. The van der Waals surface area contributed by atoms with E-state index < -0.39 is 0 Å². The Morgan fingerprint density at radius 3 is 2.23 bits per heavy atom. The van der Waals surface area contributed by atoms with Crippen molar-refractivity contribution in [1.82, 2.24) is 4.90 Å². The van der Waals surface area contributed by atoms with Crippen LogP contribution in [0.1, 0.15) is 6.92 Å². The fourth-order valence-electron chi connectivity index (χ4n) is 0.783. The van der Waals surface area contributed by atoms with Gasteiger partial charge in [0.15, 0.2) is 5.76 Å². The number of nitrogens with zero attached hydrogens (tertiary/aromatic N) is 2. The summed E-state index contributed by atoms with van der Waals surface area (Å²) in [6.07, 6.45) is 3.90. The van der Waals surface area contributed by atoms with E-state index >= 15 is 0 Å². The first-order chi connectivity index (χ1) is 5.56. The highest BCUT2D eigenvalue weighted by atomic mass is 127. The fraction of sp³-hybridized carbons (Fsp3) is 0.667. The molecular weight excluding hydrogens is 279 g/mol. The van der Waals surface area contributed by atoms with Crippen molar-refractivity contribution in [3.63, 3.8) is 0 Å². The second kappa shape index (κ2) is 8.34. The van der Waals surface area contributed by atoms with E-state index in [0.717, 1.165) is 5.76 Å². The SMILES string of the molecule is CCO/C(C=[N+](C)C)=C\N(C)C.[I-]. The summed E-state index contributed by atoms with van der Waals surface area (Å²) in [6, 6.07) is 0. The predicted octanol–water partition coefficient (Wildman–Crippen LogP) is -2.23. The van der Waals surface area contributed by atoms with Gasteiger partial charge in [0.05, 0.1) is 6.61 Å². The first-order valence-electron chi connectivity index (χ1n) is 4.08. The van der Waals surface area contributed by atoms with Gasteiger partial charge in [0, 0.05) is 20.3 Å². The molecule has 0 unspecified atom stereocenters. The average Bonchev–Trinajstić information content (AvgIpc) is 1.84. The van der Waals surface area contributed by atoms with E-state index in [1.807, 2.05) is 57.0 Å². The molecule has 0 amide bonds. The highest BCUT2D eigenvalue weighted by Gasteiger charge is 1.97. The van der Waals surface area contributed by atoms with E-state index in [1.54, 1.807) is 0 Å². The molecule has 0 aromatic carbocycles. The highest BCUT2D eigenvalue weighted by molar-refractivity contribution is 5.71. The summed E-state index contributed by atoms with van der Waals surface area (Å²) in [7, 11) is 7.90.